The molecule has 0 fully saturated rings. The van der Waals surface area contributed by atoms with Crippen molar-refractivity contribution in [3.63, 3.8) is 0 Å². The molecule has 0 aliphatic rings. The fraction of sp³-hybridized carbons (Fsp3) is 0.333. The van der Waals surface area contributed by atoms with Crippen LogP contribution in [0.4, 0.5) is 0 Å². The maximum absolute atomic E-state index is 3.58. The third-order valence-corrected chi connectivity index (χ3v) is 2.10. The zero-order valence-corrected chi connectivity index (χ0v) is 5.98. The van der Waals surface area contributed by atoms with Gasteiger partial charge in [-0.15, -0.1) is 21.9 Å². The van der Waals surface area contributed by atoms with Crippen molar-refractivity contribution in [2.24, 2.45) is 0 Å². The van der Waals surface area contributed by atoms with Crippen LogP contribution in [-0.2, 0) is 0 Å². The van der Waals surface area contributed by atoms with E-state index in [9.17, 15) is 0 Å². The second-order valence-corrected chi connectivity index (χ2v) is 7.07. The van der Waals surface area contributed by atoms with Gasteiger partial charge in [0.15, 0.2) is 0 Å². The van der Waals surface area contributed by atoms with Crippen molar-refractivity contribution < 1.29 is 0 Å². The number of halogens is 1. The van der Waals surface area contributed by atoms with Gasteiger partial charge in [0.25, 0.3) is 0 Å². The van der Waals surface area contributed by atoms with Gasteiger partial charge in [-0.2, -0.15) is 0 Å². The molecular weight excluding hydrogens is 144 g/mol. The zero-order valence-electron chi connectivity index (χ0n) is 3.24. The summed E-state index contributed by atoms with van der Waals surface area (Å²) in [5, 5.41) is 0. The molecule has 0 rings (SSSR count). The summed E-state index contributed by atoms with van der Waals surface area (Å²) >= 11 is 3.39. The summed E-state index contributed by atoms with van der Waals surface area (Å²) in [7, 11) is -0.573. The Hall–Kier alpha value is 0.437. The van der Waals surface area contributed by atoms with Crippen LogP contribution in [0.1, 0.15) is 0 Å². The average molecular weight is 151 g/mol. The number of hydrogen-bond acceptors (Lipinski definition) is 0. The van der Waals surface area contributed by atoms with Crippen molar-refractivity contribution in [2.75, 3.05) is 0 Å². The van der Waals surface area contributed by atoms with E-state index in [1.807, 2.05) is 5.70 Å². The Morgan fingerprint density at radius 1 is 2.00 bits per heavy atom. The molecule has 0 amide bonds. The smallest absolute Gasteiger partial charge is 0.126 e. The van der Waals surface area contributed by atoms with E-state index in [1.165, 1.54) is 0 Å². The van der Waals surface area contributed by atoms with Crippen LogP contribution in [0.15, 0.2) is 12.3 Å². The van der Waals surface area contributed by atoms with Crippen molar-refractivity contribution in [3.8, 4) is 0 Å². The molecule has 0 aliphatic carbocycles. The molecule has 0 bridgehead atoms. The standard InChI is InChI=1S/C3H7BrSi/c1-3-5(2)4/h3,5H,1H2,2H3. The van der Waals surface area contributed by atoms with Gasteiger partial charge >= 0.3 is 0 Å². The maximum Gasteiger partial charge on any atom is 0.134 e. The molecule has 30 valence electrons. The summed E-state index contributed by atoms with van der Waals surface area (Å²) in [6.45, 7) is 5.73. The number of rotatable bonds is 1. The lowest BCUT2D eigenvalue weighted by Crippen LogP contribution is -1.82. The van der Waals surface area contributed by atoms with Crippen LogP contribution in [0.25, 0.3) is 0 Å². The quantitative estimate of drug-likeness (QED) is 0.393. The van der Waals surface area contributed by atoms with Crippen molar-refractivity contribution in [1.82, 2.24) is 0 Å². The summed E-state index contributed by atoms with van der Waals surface area (Å²) in [5.74, 6) is 0. The van der Waals surface area contributed by atoms with Gasteiger partial charge in [-0.1, -0.05) is 12.2 Å². The van der Waals surface area contributed by atoms with Gasteiger partial charge in [0.2, 0.25) is 0 Å². The van der Waals surface area contributed by atoms with Crippen LogP contribution in [0.2, 0.25) is 6.55 Å². The second-order valence-electron chi connectivity index (χ2n) is 0.913. The topological polar surface area (TPSA) is 0 Å². The largest absolute Gasteiger partial charge is 0.134 e. The molecule has 0 spiro atoms. The van der Waals surface area contributed by atoms with Crippen LogP contribution < -0.4 is 0 Å². The van der Waals surface area contributed by atoms with E-state index in [0.717, 1.165) is 0 Å². The molecule has 0 heterocycles. The van der Waals surface area contributed by atoms with Gasteiger partial charge in [-0.05, 0) is 0 Å². The summed E-state index contributed by atoms with van der Waals surface area (Å²) in [5.41, 5.74) is 1.97. The molecule has 0 radical (unpaired) electrons. The Morgan fingerprint density at radius 2 is 2.20 bits per heavy atom. The maximum atomic E-state index is 3.58. The van der Waals surface area contributed by atoms with Crippen LogP contribution in [0.3, 0.4) is 0 Å². The summed E-state index contributed by atoms with van der Waals surface area (Å²) in [4.78, 5) is 0. The van der Waals surface area contributed by atoms with Gasteiger partial charge in [0.05, 0.1) is 0 Å². The Morgan fingerprint density at radius 3 is 2.20 bits per heavy atom. The third-order valence-electron chi connectivity index (χ3n) is 0.325. The minimum atomic E-state index is -0.573. The van der Waals surface area contributed by atoms with Crippen LogP contribution in [0, 0.1) is 0 Å². The van der Waals surface area contributed by atoms with Crippen LogP contribution in [-0.4, -0.2) is 7.42 Å². The fourth-order valence-corrected chi connectivity index (χ4v) is 0. The molecule has 1 atom stereocenters. The van der Waals surface area contributed by atoms with E-state index < -0.39 is 7.42 Å². The van der Waals surface area contributed by atoms with E-state index in [0.29, 0.717) is 0 Å². The molecular formula is C3H7BrSi. The van der Waals surface area contributed by atoms with E-state index in [1.54, 1.807) is 0 Å². The average Bonchev–Trinajstić information content (AvgIpc) is 1.38. The van der Waals surface area contributed by atoms with E-state index in [4.69, 9.17) is 0 Å². The lowest BCUT2D eigenvalue weighted by Gasteiger charge is -1.78. The molecule has 5 heavy (non-hydrogen) atoms. The molecule has 0 saturated heterocycles. The minimum Gasteiger partial charge on any atom is -0.126 e. The van der Waals surface area contributed by atoms with Gasteiger partial charge in [0.1, 0.15) is 7.42 Å². The molecule has 0 aromatic rings. The minimum absolute atomic E-state index is 0.573. The Labute approximate surface area is 42.1 Å². The lowest BCUT2D eigenvalue weighted by molar-refractivity contribution is 2.24. The molecule has 1 unspecified atom stereocenters. The Kier molecular flexibility index (Phi) is 2.89. The third kappa shape index (κ3) is 4.44. The zero-order chi connectivity index (χ0) is 4.28. The van der Waals surface area contributed by atoms with Crippen molar-refractivity contribution in [2.45, 2.75) is 6.55 Å². The fourth-order valence-electron chi connectivity index (χ4n) is 0. The summed E-state index contributed by atoms with van der Waals surface area (Å²) in [6, 6.07) is 0. The molecule has 0 aromatic carbocycles. The lowest BCUT2D eigenvalue weighted by atomic mass is 11.3. The molecule has 2 heteroatoms. The predicted octanol–water partition coefficient (Wildman–Crippen LogP) is 1.46. The van der Waals surface area contributed by atoms with Gasteiger partial charge in [-0.3, -0.25) is 0 Å². The van der Waals surface area contributed by atoms with E-state index in [2.05, 4.69) is 28.4 Å². The SMILES string of the molecule is C=C[SiH](C)Br. The van der Waals surface area contributed by atoms with Gasteiger partial charge in [-0.25, -0.2) is 0 Å². The molecule has 0 aliphatic heterocycles. The van der Waals surface area contributed by atoms with Crippen LogP contribution >= 0.6 is 15.3 Å². The first kappa shape index (κ1) is 5.44. The number of hydrogen-bond donors (Lipinski definition) is 0. The van der Waals surface area contributed by atoms with E-state index in [-0.39, 0.29) is 0 Å². The van der Waals surface area contributed by atoms with Gasteiger partial charge < -0.3 is 0 Å². The Balaban J connectivity index is 2.83. The Bertz CT molecular complexity index is 33.9. The normalized spacial score (nSPS) is 14.0. The van der Waals surface area contributed by atoms with Crippen molar-refractivity contribution in [3.05, 3.63) is 12.3 Å². The highest BCUT2D eigenvalue weighted by atomic mass is 79.9. The molecule has 0 nitrogen and oxygen atoms in total. The first-order chi connectivity index (χ1) is 2.27. The highest BCUT2D eigenvalue weighted by molar-refractivity contribution is 9.24. The van der Waals surface area contributed by atoms with Crippen molar-refractivity contribution >= 4 is 22.7 Å². The highest BCUT2D eigenvalue weighted by Gasteiger charge is 1.80. The first-order valence-electron chi connectivity index (χ1n) is 1.54. The molecule has 0 N–H and O–H groups in total. The summed E-state index contributed by atoms with van der Waals surface area (Å²) in [6.07, 6.45) is 0. The van der Waals surface area contributed by atoms with Crippen molar-refractivity contribution in [1.29, 1.82) is 0 Å². The second kappa shape index (κ2) is 2.66. The molecule has 0 saturated carbocycles. The van der Waals surface area contributed by atoms with Crippen LogP contribution in [0.5, 0.6) is 0 Å². The predicted molar refractivity (Wildman–Crippen MR) is 32.1 cm³/mol. The monoisotopic (exact) mass is 150 g/mol. The molecule has 0 aromatic heterocycles. The highest BCUT2D eigenvalue weighted by Crippen LogP contribution is 1.88. The van der Waals surface area contributed by atoms with Gasteiger partial charge in [0, 0.05) is 0 Å². The first-order valence-corrected chi connectivity index (χ1v) is 6.54. The summed E-state index contributed by atoms with van der Waals surface area (Å²) < 4.78 is 0. The van der Waals surface area contributed by atoms with E-state index >= 15 is 0 Å².